The molecule has 0 aromatic carbocycles. The van der Waals surface area contributed by atoms with Crippen LogP contribution in [0.1, 0.15) is 41.0 Å². The minimum Gasteiger partial charge on any atom is -1.00 e. The fraction of sp³-hybridized carbons (Fsp3) is 1.00. The summed E-state index contributed by atoms with van der Waals surface area (Å²) in [4.78, 5) is 0. The van der Waals surface area contributed by atoms with Gasteiger partial charge in [0.2, 0.25) is 0 Å². The van der Waals surface area contributed by atoms with Gasteiger partial charge in [-0.15, -0.1) is 4.52 Å². The molecule has 4 heteroatoms. The van der Waals surface area contributed by atoms with E-state index < -0.39 is 8.03 Å². The Morgan fingerprint density at radius 3 is 2.42 bits per heavy atom. The maximum absolute atomic E-state index is 10.8. The molecule has 12 heavy (non-hydrogen) atoms. The molecule has 0 aliphatic carbocycles. The Bertz CT molecular complexity index is 114. The van der Waals surface area contributed by atoms with Gasteiger partial charge in [0.25, 0.3) is 0 Å². The van der Waals surface area contributed by atoms with E-state index in [4.69, 9.17) is 4.52 Å². The van der Waals surface area contributed by atoms with Crippen LogP contribution < -0.4 is 29.6 Å². The van der Waals surface area contributed by atoms with Crippen molar-refractivity contribution in [2.75, 3.05) is 12.8 Å². The maximum atomic E-state index is 10.8. The summed E-state index contributed by atoms with van der Waals surface area (Å²) in [6, 6.07) is 0. The van der Waals surface area contributed by atoms with Gasteiger partial charge in [0.1, 0.15) is 6.61 Å². The van der Waals surface area contributed by atoms with Crippen molar-refractivity contribution in [2.24, 2.45) is 0 Å². The van der Waals surface area contributed by atoms with Crippen LogP contribution >= 0.6 is 8.03 Å². The van der Waals surface area contributed by atoms with Gasteiger partial charge >= 0.3 is 37.6 Å². The van der Waals surface area contributed by atoms with Crippen LogP contribution in [-0.2, 0) is 9.09 Å². The molecule has 0 saturated carbocycles. The van der Waals surface area contributed by atoms with Crippen LogP contribution in [-0.4, -0.2) is 12.8 Å². The van der Waals surface area contributed by atoms with Gasteiger partial charge in [-0.05, 0) is 17.9 Å². The molecule has 0 aromatic heterocycles. The summed E-state index contributed by atoms with van der Waals surface area (Å²) in [5, 5.41) is 0. The largest absolute Gasteiger partial charge is 1.00 e. The van der Waals surface area contributed by atoms with Gasteiger partial charge in [0.05, 0.1) is 0 Å². The van der Waals surface area contributed by atoms with Crippen LogP contribution in [0, 0.1) is 0 Å². The number of rotatable bonds is 7. The topological polar surface area (TPSA) is 26.3 Å². The van der Waals surface area contributed by atoms with Crippen LogP contribution in [0.25, 0.3) is 0 Å². The zero-order valence-electron chi connectivity index (χ0n) is 9.51. The molecule has 1 unspecified atom stereocenters. The summed E-state index contributed by atoms with van der Waals surface area (Å²) < 4.78 is 15.8. The second-order valence-electron chi connectivity index (χ2n) is 2.54. The quantitative estimate of drug-likeness (QED) is 0.340. The minimum absolute atomic E-state index is 0. The van der Waals surface area contributed by atoms with Gasteiger partial charge in [-0.2, -0.15) is 0 Å². The van der Waals surface area contributed by atoms with Crippen molar-refractivity contribution in [2.45, 2.75) is 39.5 Å². The fourth-order valence-electron chi connectivity index (χ4n) is 0.786. The first-order valence-corrected chi connectivity index (χ1v) is 5.75. The number of hydrogen-bond acceptors (Lipinski definition) is 2. The van der Waals surface area contributed by atoms with E-state index in [1.165, 1.54) is 19.3 Å². The van der Waals surface area contributed by atoms with Gasteiger partial charge in [-0.1, -0.05) is 26.2 Å². The second-order valence-corrected chi connectivity index (χ2v) is 4.10. The molecule has 0 rings (SSSR count). The Morgan fingerprint density at radius 2 is 1.92 bits per heavy atom. The molecule has 0 bridgehead atoms. The first-order chi connectivity index (χ1) is 5.31. The van der Waals surface area contributed by atoms with Gasteiger partial charge in [-0.25, -0.2) is 0 Å². The fourth-order valence-corrected chi connectivity index (χ4v) is 1.30. The molecule has 68 valence electrons. The molecule has 1 atom stereocenters. The van der Waals surface area contributed by atoms with E-state index in [0.29, 0.717) is 12.8 Å². The van der Waals surface area contributed by atoms with E-state index in [0.717, 1.165) is 6.42 Å². The first kappa shape index (κ1) is 15.5. The normalized spacial score (nSPS) is 10.7. The molecule has 0 aliphatic rings. The molecule has 0 fully saturated rings. The minimum atomic E-state index is -1.35. The van der Waals surface area contributed by atoms with E-state index >= 15 is 0 Å². The van der Waals surface area contributed by atoms with E-state index in [-0.39, 0.29) is 31.0 Å². The van der Waals surface area contributed by atoms with Crippen LogP contribution in [0.2, 0.25) is 0 Å². The van der Waals surface area contributed by atoms with Crippen LogP contribution in [0.3, 0.4) is 0 Å². The van der Waals surface area contributed by atoms with Crippen molar-refractivity contribution in [3.8, 4) is 0 Å². The van der Waals surface area contributed by atoms with Crippen molar-refractivity contribution in [1.29, 1.82) is 0 Å². The van der Waals surface area contributed by atoms with Crippen LogP contribution in [0.5, 0.6) is 0 Å². The predicted molar refractivity (Wildman–Crippen MR) is 49.4 cm³/mol. The molecular formula is C8H19NaO2P+. The second kappa shape index (κ2) is 12.1. The van der Waals surface area contributed by atoms with Crippen molar-refractivity contribution in [1.82, 2.24) is 0 Å². The van der Waals surface area contributed by atoms with E-state index in [2.05, 4.69) is 6.92 Å². The number of unbranched alkanes of at least 4 members (excludes halogenated alkanes) is 3. The number of hydrogen-bond donors (Lipinski definition) is 0. The Balaban J connectivity index is -0.000000500. The third-order valence-corrected chi connectivity index (χ3v) is 2.48. The Kier molecular flexibility index (Phi) is 15.6. The Morgan fingerprint density at radius 1 is 1.25 bits per heavy atom. The molecule has 0 heterocycles. The predicted octanol–water partition coefficient (Wildman–Crippen LogP) is 0.462. The molecular weight excluding hydrogens is 182 g/mol. The summed E-state index contributed by atoms with van der Waals surface area (Å²) in [6.45, 7) is 4.72. The van der Waals surface area contributed by atoms with Crippen LogP contribution in [0.15, 0.2) is 0 Å². The molecule has 0 aliphatic heterocycles. The summed E-state index contributed by atoms with van der Waals surface area (Å²) in [6.07, 6.45) is 5.38. The SMILES string of the molecule is CCCCCCO[P+](=O)CC.[H-].[Na+]. The van der Waals surface area contributed by atoms with Gasteiger partial charge in [0, 0.05) is 0 Å². The Hall–Kier alpha value is 1.06. The molecule has 0 aromatic rings. The Labute approximate surface area is 100 Å². The van der Waals surface area contributed by atoms with Crippen molar-refractivity contribution < 1.29 is 40.1 Å². The zero-order valence-corrected chi connectivity index (χ0v) is 11.4. The van der Waals surface area contributed by atoms with Crippen molar-refractivity contribution >= 4 is 8.03 Å². The van der Waals surface area contributed by atoms with Gasteiger partial charge < -0.3 is 1.43 Å². The molecule has 2 nitrogen and oxygen atoms in total. The summed E-state index contributed by atoms with van der Waals surface area (Å²) in [7, 11) is -1.35. The van der Waals surface area contributed by atoms with Crippen LogP contribution in [0.4, 0.5) is 0 Å². The molecule has 0 spiro atoms. The molecule has 0 radical (unpaired) electrons. The van der Waals surface area contributed by atoms with Gasteiger partial charge in [-0.3, -0.25) is 0 Å². The molecule has 0 amide bonds. The standard InChI is InChI=1S/C8H18O2P.Na.H/c1-3-5-6-7-8-10-11(9)4-2;;/h3-8H2,1-2H3;;/q2*+1;-1. The summed E-state index contributed by atoms with van der Waals surface area (Å²) >= 11 is 0. The van der Waals surface area contributed by atoms with E-state index in [9.17, 15) is 4.57 Å². The summed E-state index contributed by atoms with van der Waals surface area (Å²) in [5.41, 5.74) is 0. The first-order valence-electron chi connectivity index (χ1n) is 4.38. The molecule has 0 N–H and O–H groups in total. The smallest absolute Gasteiger partial charge is 1.00 e. The van der Waals surface area contributed by atoms with Crippen molar-refractivity contribution in [3.05, 3.63) is 0 Å². The van der Waals surface area contributed by atoms with E-state index in [1.54, 1.807) is 0 Å². The zero-order chi connectivity index (χ0) is 8.53. The van der Waals surface area contributed by atoms with Crippen molar-refractivity contribution in [3.63, 3.8) is 0 Å². The average molecular weight is 201 g/mol. The average Bonchev–Trinajstić information content (AvgIpc) is 2.04. The third kappa shape index (κ3) is 11.1. The molecule has 0 saturated heterocycles. The van der Waals surface area contributed by atoms with E-state index in [1.807, 2.05) is 6.92 Å². The monoisotopic (exact) mass is 201 g/mol. The summed E-state index contributed by atoms with van der Waals surface area (Å²) in [5.74, 6) is 0. The maximum Gasteiger partial charge on any atom is 1.00 e. The third-order valence-electron chi connectivity index (χ3n) is 1.49. The van der Waals surface area contributed by atoms with Gasteiger partial charge in [0.15, 0.2) is 6.16 Å².